The van der Waals surface area contributed by atoms with Crippen LogP contribution in [0.15, 0.2) is 54.8 Å². The normalized spacial score (nSPS) is 14.2. The van der Waals surface area contributed by atoms with E-state index in [1.165, 1.54) is 0 Å². The van der Waals surface area contributed by atoms with Gasteiger partial charge in [-0.05, 0) is 18.6 Å². The zero-order chi connectivity index (χ0) is 11.1. The second-order valence-electron chi connectivity index (χ2n) is 2.89. The quantitative estimate of drug-likeness (QED) is 0.538. The maximum atomic E-state index is 12.6. The number of allylic oxidation sites excluding steroid dienone is 1. The van der Waals surface area contributed by atoms with Crippen LogP contribution >= 0.6 is 0 Å². The van der Waals surface area contributed by atoms with Crippen LogP contribution in [-0.4, -0.2) is 0 Å². The molecule has 3 heteroatoms. The lowest BCUT2D eigenvalue weighted by Crippen LogP contribution is -1.99. The molecular weight excluding hydrogens is 198 g/mol. The first-order valence-electron chi connectivity index (χ1n) is 4.58. The van der Waals surface area contributed by atoms with Gasteiger partial charge in [-0.15, -0.1) is 0 Å². The molecule has 0 spiro atoms. The van der Waals surface area contributed by atoms with Crippen LogP contribution in [0.5, 0.6) is 0 Å². The standard InChI is InChI=1S/C12H12F2O/c1-2-6-11(15-12(14)9-13)10-7-4-3-5-8-10/h2-9,11H,1H3/b6-2+,12-9+. The Hall–Kier alpha value is -1.64. The number of benzene rings is 1. The van der Waals surface area contributed by atoms with Crippen molar-refractivity contribution in [2.45, 2.75) is 13.0 Å². The van der Waals surface area contributed by atoms with Crippen molar-refractivity contribution in [2.75, 3.05) is 0 Å². The van der Waals surface area contributed by atoms with Crippen molar-refractivity contribution < 1.29 is 13.5 Å². The summed E-state index contributed by atoms with van der Waals surface area (Å²) in [5.41, 5.74) is 0.771. The minimum Gasteiger partial charge on any atom is -0.457 e. The summed E-state index contributed by atoms with van der Waals surface area (Å²) >= 11 is 0. The molecule has 0 radical (unpaired) electrons. The Balaban J connectivity index is 2.84. The molecule has 0 fully saturated rings. The molecule has 1 rings (SSSR count). The molecule has 0 N–H and O–H groups in total. The summed E-state index contributed by atoms with van der Waals surface area (Å²) in [6, 6.07) is 7.82. The highest BCUT2D eigenvalue weighted by Gasteiger charge is 2.10. The van der Waals surface area contributed by atoms with Gasteiger partial charge in [0.2, 0.25) is 0 Å². The smallest absolute Gasteiger partial charge is 0.302 e. The highest BCUT2D eigenvalue weighted by Crippen LogP contribution is 2.22. The van der Waals surface area contributed by atoms with Gasteiger partial charge in [-0.25, -0.2) is 4.39 Å². The number of hydrogen-bond acceptors (Lipinski definition) is 1. The molecule has 0 heterocycles. The number of ether oxygens (including phenoxy) is 1. The predicted octanol–water partition coefficient (Wildman–Crippen LogP) is 4.06. The zero-order valence-corrected chi connectivity index (χ0v) is 8.36. The van der Waals surface area contributed by atoms with Crippen LogP contribution in [0.2, 0.25) is 0 Å². The Morgan fingerprint density at radius 3 is 2.53 bits per heavy atom. The van der Waals surface area contributed by atoms with Gasteiger partial charge in [-0.1, -0.05) is 36.4 Å². The van der Waals surface area contributed by atoms with Crippen molar-refractivity contribution in [3.63, 3.8) is 0 Å². The minimum atomic E-state index is -1.22. The summed E-state index contributed by atoms with van der Waals surface area (Å²) in [7, 11) is 0. The molecule has 0 saturated heterocycles. The van der Waals surface area contributed by atoms with Crippen LogP contribution in [-0.2, 0) is 4.74 Å². The zero-order valence-electron chi connectivity index (χ0n) is 8.36. The van der Waals surface area contributed by atoms with Gasteiger partial charge in [0.1, 0.15) is 6.10 Å². The van der Waals surface area contributed by atoms with E-state index in [-0.39, 0.29) is 6.33 Å². The first-order valence-corrected chi connectivity index (χ1v) is 4.58. The van der Waals surface area contributed by atoms with E-state index in [9.17, 15) is 8.78 Å². The van der Waals surface area contributed by atoms with Crippen LogP contribution in [0, 0.1) is 0 Å². The average molecular weight is 210 g/mol. The first kappa shape index (κ1) is 11.4. The fraction of sp³-hybridized carbons (Fsp3) is 0.167. The van der Waals surface area contributed by atoms with Gasteiger partial charge < -0.3 is 4.74 Å². The predicted molar refractivity (Wildman–Crippen MR) is 55.4 cm³/mol. The number of rotatable bonds is 4. The first-order chi connectivity index (χ1) is 7.27. The summed E-state index contributed by atoms with van der Waals surface area (Å²) in [5.74, 6) is 0. The van der Waals surface area contributed by atoms with Crippen molar-refractivity contribution in [3.05, 3.63) is 60.4 Å². The fourth-order valence-electron chi connectivity index (χ4n) is 1.18. The molecule has 1 atom stereocenters. The third-order valence-corrected chi connectivity index (χ3v) is 1.82. The Labute approximate surface area is 87.7 Å². The average Bonchev–Trinajstić information content (AvgIpc) is 2.29. The molecule has 0 aliphatic carbocycles. The molecule has 0 bridgehead atoms. The molecule has 15 heavy (non-hydrogen) atoms. The van der Waals surface area contributed by atoms with E-state index in [1.807, 2.05) is 18.2 Å². The lowest BCUT2D eigenvalue weighted by Gasteiger charge is -2.13. The second-order valence-corrected chi connectivity index (χ2v) is 2.89. The molecule has 1 unspecified atom stereocenters. The van der Waals surface area contributed by atoms with E-state index in [0.717, 1.165) is 5.56 Å². The van der Waals surface area contributed by atoms with Gasteiger partial charge in [0.15, 0.2) is 6.33 Å². The summed E-state index contributed by atoms with van der Waals surface area (Å²) in [5, 5.41) is 0. The van der Waals surface area contributed by atoms with Crippen LogP contribution < -0.4 is 0 Å². The van der Waals surface area contributed by atoms with Gasteiger partial charge in [-0.2, -0.15) is 4.39 Å². The van der Waals surface area contributed by atoms with Gasteiger partial charge in [0.25, 0.3) is 0 Å². The van der Waals surface area contributed by atoms with Gasteiger partial charge >= 0.3 is 6.01 Å². The van der Waals surface area contributed by atoms with E-state index in [1.54, 1.807) is 31.2 Å². The molecule has 1 aromatic rings. The van der Waals surface area contributed by atoms with E-state index < -0.39 is 12.1 Å². The fourth-order valence-corrected chi connectivity index (χ4v) is 1.18. The van der Waals surface area contributed by atoms with Gasteiger partial charge in [0, 0.05) is 0 Å². The molecule has 0 amide bonds. The monoisotopic (exact) mass is 210 g/mol. The summed E-state index contributed by atoms with van der Waals surface area (Å²) < 4.78 is 29.2. The van der Waals surface area contributed by atoms with Crippen molar-refractivity contribution in [2.24, 2.45) is 0 Å². The van der Waals surface area contributed by atoms with E-state index >= 15 is 0 Å². The highest BCUT2D eigenvalue weighted by molar-refractivity contribution is 5.21. The molecule has 0 aromatic heterocycles. The van der Waals surface area contributed by atoms with Crippen molar-refractivity contribution in [1.29, 1.82) is 0 Å². The maximum absolute atomic E-state index is 12.6. The lowest BCUT2D eigenvalue weighted by molar-refractivity contribution is 0.0948. The Morgan fingerprint density at radius 2 is 2.00 bits per heavy atom. The second kappa shape index (κ2) is 5.96. The molecule has 1 aromatic carbocycles. The maximum Gasteiger partial charge on any atom is 0.302 e. The molecule has 80 valence electrons. The summed E-state index contributed by atoms with van der Waals surface area (Å²) in [6.07, 6.45) is 2.59. The van der Waals surface area contributed by atoms with Crippen molar-refractivity contribution in [3.8, 4) is 0 Å². The van der Waals surface area contributed by atoms with Gasteiger partial charge in [-0.3, -0.25) is 0 Å². The molecule has 0 aliphatic rings. The topological polar surface area (TPSA) is 9.23 Å². The molecular formula is C12H12F2O. The SMILES string of the molecule is C/C=C/C(O/C(F)=C/F)c1ccccc1. The van der Waals surface area contributed by atoms with Crippen molar-refractivity contribution in [1.82, 2.24) is 0 Å². The minimum absolute atomic E-state index is 0.195. The Kier molecular flexibility index (Phi) is 4.54. The molecule has 1 nitrogen and oxygen atoms in total. The van der Waals surface area contributed by atoms with Crippen LogP contribution in [0.25, 0.3) is 0 Å². The van der Waals surface area contributed by atoms with Crippen LogP contribution in [0.3, 0.4) is 0 Å². The number of hydrogen-bond donors (Lipinski definition) is 0. The molecule has 0 saturated carbocycles. The summed E-state index contributed by atoms with van der Waals surface area (Å²) in [4.78, 5) is 0. The van der Waals surface area contributed by atoms with Gasteiger partial charge in [0.05, 0.1) is 0 Å². The van der Waals surface area contributed by atoms with Crippen LogP contribution in [0.4, 0.5) is 8.78 Å². The largest absolute Gasteiger partial charge is 0.457 e. The van der Waals surface area contributed by atoms with Crippen molar-refractivity contribution >= 4 is 0 Å². The molecule has 0 aliphatic heterocycles. The number of halogens is 2. The third-order valence-electron chi connectivity index (χ3n) is 1.82. The highest BCUT2D eigenvalue weighted by atomic mass is 19.2. The summed E-state index contributed by atoms with van der Waals surface area (Å²) in [6.45, 7) is 1.79. The Morgan fingerprint density at radius 1 is 1.33 bits per heavy atom. The van der Waals surface area contributed by atoms with Crippen LogP contribution in [0.1, 0.15) is 18.6 Å². The Bertz CT molecular complexity index is 344. The lowest BCUT2D eigenvalue weighted by atomic mass is 10.1. The van der Waals surface area contributed by atoms with E-state index in [2.05, 4.69) is 0 Å². The van der Waals surface area contributed by atoms with E-state index in [4.69, 9.17) is 4.74 Å². The third kappa shape index (κ3) is 3.54. The van der Waals surface area contributed by atoms with E-state index in [0.29, 0.717) is 0 Å².